The molecule has 2 saturated carbocycles. The summed E-state index contributed by atoms with van der Waals surface area (Å²) >= 11 is 0. The van der Waals surface area contributed by atoms with Crippen LogP contribution in [0.25, 0.3) is 0 Å². The van der Waals surface area contributed by atoms with Crippen LogP contribution in [0.15, 0.2) is 12.8 Å². The molecular formula is C16H26O2. The molecule has 0 aromatic carbocycles. The fourth-order valence-corrected chi connectivity index (χ4v) is 4.37. The normalized spacial score (nSPS) is 47.8. The van der Waals surface area contributed by atoms with Gasteiger partial charge in [0.15, 0.2) is 0 Å². The van der Waals surface area contributed by atoms with Crippen LogP contribution in [0.5, 0.6) is 0 Å². The van der Waals surface area contributed by atoms with Gasteiger partial charge in [0.25, 0.3) is 0 Å². The summed E-state index contributed by atoms with van der Waals surface area (Å²) in [4.78, 5) is 0. The van der Waals surface area contributed by atoms with Crippen LogP contribution in [0, 0.1) is 11.8 Å². The van der Waals surface area contributed by atoms with Gasteiger partial charge in [0.2, 0.25) is 0 Å². The minimum absolute atomic E-state index is 0.239. The highest BCUT2D eigenvalue weighted by Crippen LogP contribution is 2.48. The third-order valence-electron chi connectivity index (χ3n) is 5.39. The number of hydrogen-bond acceptors (Lipinski definition) is 2. The second kappa shape index (κ2) is 4.88. The van der Waals surface area contributed by atoms with E-state index in [0.717, 1.165) is 11.8 Å². The Bertz CT molecular complexity index is 298. The zero-order valence-corrected chi connectivity index (χ0v) is 11.6. The van der Waals surface area contributed by atoms with Gasteiger partial charge in [-0.15, -0.1) is 0 Å². The standard InChI is InChI=1S/C16H26O2/c1-3-17-14-6-4-12(5-7-14)13-8-9-16(2)11-15(10-13)18-16/h3,12-15H,1,4-11H2,2H3. The molecule has 2 heteroatoms. The first-order valence-electron chi connectivity index (χ1n) is 7.63. The number of hydrogen-bond donors (Lipinski definition) is 0. The lowest BCUT2D eigenvalue weighted by molar-refractivity contribution is -0.191. The maximum absolute atomic E-state index is 6.03. The van der Waals surface area contributed by atoms with Crippen LogP contribution in [0.4, 0.5) is 0 Å². The molecule has 4 aliphatic rings. The summed E-state index contributed by atoms with van der Waals surface area (Å²) in [6.45, 7) is 5.95. The van der Waals surface area contributed by atoms with Crippen molar-refractivity contribution in [1.82, 2.24) is 0 Å². The zero-order valence-electron chi connectivity index (χ0n) is 11.6. The van der Waals surface area contributed by atoms with E-state index >= 15 is 0 Å². The summed E-state index contributed by atoms with van der Waals surface area (Å²) in [5.74, 6) is 1.82. The van der Waals surface area contributed by atoms with Crippen LogP contribution in [-0.2, 0) is 9.47 Å². The van der Waals surface area contributed by atoms with Crippen LogP contribution >= 0.6 is 0 Å². The first kappa shape index (κ1) is 12.5. The molecule has 2 heterocycles. The second-order valence-electron chi connectivity index (χ2n) is 6.77. The molecule has 0 N–H and O–H groups in total. The van der Waals surface area contributed by atoms with E-state index in [2.05, 4.69) is 13.5 Å². The molecule has 4 rings (SSSR count). The van der Waals surface area contributed by atoms with Crippen molar-refractivity contribution in [3.05, 3.63) is 12.8 Å². The highest BCUT2D eigenvalue weighted by atomic mass is 16.5. The molecule has 0 radical (unpaired) electrons. The van der Waals surface area contributed by atoms with Crippen molar-refractivity contribution < 1.29 is 9.47 Å². The van der Waals surface area contributed by atoms with Gasteiger partial charge in [-0.1, -0.05) is 6.58 Å². The van der Waals surface area contributed by atoms with Gasteiger partial charge in [-0.25, -0.2) is 0 Å². The smallest absolute Gasteiger partial charge is 0.0978 e. The molecule has 3 unspecified atom stereocenters. The fourth-order valence-electron chi connectivity index (χ4n) is 4.37. The topological polar surface area (TPSA) is 18.5 Å². The SMILES string of the molecule is C=COC1CCC(C2CCC3(C)CC(C2)O3)CC1. The lowest BCUT2D eigenvalue weighted by Gasteiger charge is -2.44. The van der Waals surface area contributed by atoms with Gasteiger partial charge >= 0.3 is 0 Å². The molecule has 102 valence electrons. The Morgan fingerprint density at radius 3 is 2.56 bits per heavy atom. The largest absolute Gasteiger partial charge is 0.499 e. The van der Waals surface area contributed by atoms with Gasteiger partial charge in [0.05, 0.1) is 24.1 Å². The van der Waals surface area contributed by atoms with Crippen molar-refractivity contribution in [1.29, 1.82) is 0 Å². The van der Waals surface area contributed by atoms with Crippen LogP contribution < -0.4 is 0 Å². The lowest BCUT2D eigenvalue weighted by atomic mass is 9.76. The Morgan fingerprint density at radius 2 is 1.89 bits per heavy atom. The molecule has 2 nitrogen and oxygen atoms in total. The van der Waals surface area contributed by atoms with Crippen molar-refractivity contribution in [3.8, 4) is 0 Å². The van der Waals surface area contributed by atoms with Gasteiger partial charge in [-0.3, -0.25) is 0 Å². The Morgan fingerprint density at radius 1 is 1.17 bits per heavy atom. The highest BCUT2D eigenvalue weighted by molar-refractivity contribution is 4.96. The molecule has 2 aliphatic heterocycles. The maximum atomic E-state index is 6.03. The first-order valence-corrected chi connectivity index (χ1v) is 7.63. The summed E-state index contributed by atoms with van der Waals surface area (Å²) in [7, 11) is 0. The summed E-state index contributed by atoms with van der Waals surface area (Å²) in [6, 6.07) is 0. The Hall–Kier alpha value is -0.500. The monoisotopic (exact) mass is 250 g/mol. The molecule has 2 saturated heterocycles. The van der Waals surface area contributed by atoms with Crippen molar-refractivity contribution in [2.45, 2.75) is 76.1 Å². The predicted molar refractivity (Wildman–Crippen MR) is 72.3 cm³/mol. The highest BCUT2D eigenvalue weighted by Gasteiger charge is 2.46. The predicted octanol–water partition coefficient (Wildman–Crippen LogP) is 4.05. The molecule has 2 bridgehead atoms. The van der Waals surface area contributed by atoms with Gasteiger partial charge in [-0.2, -0.15) is 0 Å². The third kappa shape index (κ3) is 2.45. The van der Waals surface area contributed by atoms with Gasteiger partial charge in [-0.05, 0) is 63.7 Å². The summed E-state index contributed by atoms with van der Waals surface area (Å²) in [6.07, 6.45) is 13.0. The van der Waals surface area contributed by atoms with Crippen molar-refractivity contribution in [2.24, 2.45) is 11.8 Å². The summed E-state index contributed by atoms with van der Waals surface area (Å²) in [5.41, 5.74) is 0.239. The second-order valence-corrected chi connectivity index (χ2v) is 6.77. The van der Waals surface area contributed by atoms with E-state index in [9.17, 15) is 0 Å². The zero-order chi connectivity index (χ0) is 12.6. The van der Waals surface area contributed by atoms with Crippen LogP contribution in [0.2, 0.25) is 0 Å². The van der Waals surface area contributed by atoms with Crippen molar-refractivity contribution in [2.75, 3.05) is 0 Å². The molecule has 0 spiro atoms. The fraction of sp³-hybridized carbons (Fsp3) is 0.875. The molecule has 4 fully saturated rings. The first-order chi connectivity index (χ1) is 8.68. The Kier molecular flexibility index (Phi) is 3.40. The van der Waals surface area contributed by atoms with Gasteiger partial charge in [0.1, 0.15) is 0 Å². The minimum atomic E-state index is 0.239. The van der Waals surface area contributed by atoms with Crippen LogP contribution in [0.3, 0.4) is 0 Å². The Balaban J connectivity index is 1.52. The van der Waals surface area contributed by atoms with E-state index in [4.69, 9.17) is 9.47 Å². The van der Waals surface area contributed by atoms with E-state index in [1.54, 1.807) is 6.26 Å². The molecule has 18 heavy (non-hydrogen) atoms. The maximum Gasteiger partial charge on any atom is 0.0978 e. The van der Waals surface area contributed by atoms with Crippen molar-refractivity contribution in [3.63, 3.8) is 0 Å². The molecule has 0 aromatic heterocycles. The van der Waals surface area contributed by atoms with E-state index < -0.39 is 0 Å². The van der Waals surface area contributed by atoms with Crippen LogP contribution in [-0.4, -0.2) is 17.8 Å². The summed E-state index contributed by atoms with van der Waals surface area (Å²) in [5, 5.41) is 0. The lowest BCUT2D eigenvalue weighted by Crippen LogP contribution is -2.46. The molecule has 0 amide bonds. The third-order valence-corrected chi connectivity index (χ3v) is 5.39. The molecular weight excluding hydrogens is 224 g/mol. The molecule has 0 aromatic rings. The Labute approximate surface area is 111 Å². The van der Waals surface area contributed by atoms with E-state index in [0.29, 0.717) is 12.2 Å². The van der Waals surface area contributed by atoms with Gasteiger partial charge < -0.3 is 9.47 Å². The quantitative estimate of drug-likeness (QED) is 0.703. The summed E-state index contributed by atoms with van der Waals surface area (Å²) < 4.78 is 11.6. The average molecular weight is 250 g/mol. The number of rotatable bonds is 3. The molecule has 3 atom stereocenters. The molecule has 2 aliphatic carbocycles. The average Bonchev–Trinajstić information content (AvgIpc) is 2.59. The van der Waals surface area contributed by atoms with E-state index in [-0.39, 0.29) is 5.60 Å². The van der Waals surface area contributed by atoms with E-state index in [1.165, 1.54) is 51.4 Å². The van der Waals surface area contributed by atoms with Crippen molar-refractivity contribution >= 4 is 0 Å². The van der Waals surface area contributed by atoms with Gasteiger partial charge in [0, 0.05) is 6.42 Å². The van der Waals surface area contributed by atoms with Crippen LogP contribution in [0.1, 0.15) is 58.3 Å². The van der Waals surface area contributed by atoms with E-state index in [1.807, 2.05) is 0 Å². The number of ether oxygens (including phenoxy) is 2. The minimum Gasteiger partial charge on any atom is -0.499 e. The number of fused-ring (bicyclic) bond motifs is 3.